The van der Waals surface area contributed by atoms with E-state index >= 15 is 0 Å². The van der Waals surface area contributed by atoms with Gasteiger partial charge in [0, 0.05) is 15.8 Å². The van der Waals surface area contributed by atoms with Gasteiger partial charge in [0.1, 0.15) is 10.3 Å². The molecule has 2 aromatic rings. The second kappa shape index (κ2) is 5.92. The van der Waals surface area contributed by atoms with Gasteiger partial charge in [0.2, 0.25) is 0 Å². The first kappa shape index (κ1) is 14.2. The number of H-pyrrole nitrogens is 1. The van der Waals surface area contributed by atoms with Crippen LogP contribution >= 0.6 is 39.3 Å². The molecule has 1 aliphatic rings. The van der Waals surface area contributed by atoms with E-state index in [4.69, 9.17) is 11.6 Å². The zero-order valence-corrected chi connectivity index (χ0v) is 13.7. The zero-order chi connectivity index (χ0) is 14.1. The van der Waals surface area contributed by atoms with Crippen LogP contribution in [0.15, 0.2) is 38.4 Å². The van der Waals surface area contributed by atoms with E-state index in [9.17, 15) is 4.79 Å². The molecule has 1 aromatic carbocycles. The smallest absolute Gasteiger partial charge is 0.265 e. The van der Waals surface area contributed by atoms with E-state index < -0.39 is 0 Å². The predicted molar refractivity (Wildman–Crippen MR) is 85.5 cm³/mol. The molecule has 0 atom stereocenters. The molecule has 0 spiro atoms. The summed E-state index contributed by atoms with van der Waals surface area (Å²) in [7, 11) is 0. The summed E-state index contributed by atoms with van der Waals surface area (Å²) in [6.45, 7) is 0. The minimum Gasteiger partial charge on any atom is -0.309 e. The number of rotatable bonds is 4. The summed E-state index contributed by atoms with van der Waals surface area (Å²) < 4.78 is 0.580. The molecule has 1 aromatic heterocycles. The van der Waals surface area contributed by atoms with Gasteiger partial charge in [0.25, 0.3) is 5.56 Å². The number of thioether (sulfide) groups is 1. The molecule has 3 rings (SSSR count). The van der Waals surface area contributed by atoms with Crippen molar-refractivity contribution in [2.24, 2.45) is 0 Å². The van der Waals surface area contributed by atoms with Gasteiger partial charge in [-0.05, 0) is 47.0 Å². The minimum atomic E-state index is -0.0939. The summed E-state index contributed by atoms with van der Waals surface area (Å²) in [5.74, 6) is 1.79. The topological polar surface area (TPSA) is 45.8 Å². The van der Waals surface area contributed by atoms with Crippen LogP contribution in [-0.4, -0.2) is 9.97 Å². The first-order chi connectivity index (χ1) is 9.63. The third kappa shape index (κ3) is 3.27. The van der Waals surface area contributed by atoms with Crippen molar-refractivity contribution in [3.05, 3.63) is 55.6 Å². The minimum absolute atomic E-state index is 0.0939. The van der Waals surface area contributed by atoms with E-state index in [1.807, 2.05) is 24.3 Å². The summed E-state index contributed by atoms with van der Waals surface area (Å²) >= 11 is 10.9. The van der Waals surface area contributed by atoms with Gasteiger partial charge in [0.15, 0.2) is 0 Å². The number of halogens is 2. The molecule has 0 amide bonds. The average Bonchev–Trinajstić information content (AvgIpc) is 3.24. The van der Waals surface area contributed by atoms with Crippen LogP contribution in [0.5, 0.6) is 0 Å². The first-order valence-corrected chi connectivity index (χ1v) is 8.46. The highest BCUT2D eigenvalue weighted by Gasteiger charge is 2.28. The largest absolute Gasteiger partial charge is 0.309 e. The summed E-state index contributed by atoms with van der Waals surface area (Å²) in [5, 5.41) is 0.714. The van der Waals surface area contributed by atoms with Gasteiger partial charge in [-0.25, -0.2) is 4.98 Å². The summed E-state index contributed by atoms with van der Waals surface area (Å²) in [6.07, 6.45) is 2.24. The number of hydrogen-bond acceptors (Lipinski definition) is 3. The summed E-state index contributed by atoms with van der Waals surface area (Å²) in [6, 6.07) is 7.66. The van der Waals surface area contributed by atoms with Crippen molar-refractivity contribution in [1.29, 1.82) is 0 Å². The van der Waals surface area contributed by atoms with Gasteiger partial charge >= 0.3 is 0 Å². The van der Waals surface area contributed by atoms with Crippen LogP contribution in [0.4, 0.5) is 0 Å². The van der Waals surface area contributed by atoms with E-state index in [2.05, 4.69) is 25.9 Å². The van der Waals surface area contributed by atoms with Gasteiger partial charge in [-0.1, -0.05) is 17.7 Å². The molecule has 0 unspecified atom stereocenters. The molecule has 1 N–H and O–H groups in total. The molecule has 0 bridgehead atoms. The molecule has 3 nitrogen and oxygen atoms in total. The fourth-order valence-electron chi connectivity index (χ4n) is 1.93. The van der Waals surface area contributed by atoms with Crippen LogP contribution in [0.1, 0.15) is 30.3 Å². The van der Waals surface area contributed by atoms with Crippen molar-refractivity contribution in [2.45, 2.75) is 29.4 Å². The molecule has 1 aliphatic carbocycles. The molecule has 0 aliphatic heterocycles. The zero-order valence-electron chi connectivity index (χ0n) is 10.5. The van der Waals surface area contributed by atoms with E-state index in [0.29, 0.717) is 27.0 Å². The van der Waals surface area contributed by atoms with Gasteiger partial charge < -0.3 is 4.98 Å². The Kier molecular flexibility index (Phi) is 4.19. The molecule has 1 heterocycles. The highest BCUT2D eigenvalue weighted by Crippen LogP contribution is 2.41. The van der Waals surface area contributed by atoms with Crippen molar-refractivity contribution in [3.8, 4) is 0 Å². The Bertz CT molecular complexity index is 700. The average molecular weight is 372 g/mol. The van der Waals surface area contributed by atoms with Crippen molar-refractivity contribution in [3.63, 3.8) is 0 Å². The van der Waals surface area contributed by atoms with E-state index in [0.717, 1.165) is 23.4 Å². The second-order valence-electron chi connectivity index (χ2n) is 4.73. The monoisotopic (exact) mass is 370 g/mol. The van der Waals surface area contributed by atoms with E-state index in [-0.39, 0.29) is 5.56 Å². The lowest BCUT2D eigenvalue weighted by atomic mass is 10.3. The van der Waals surface area contributed by atoms with Crippen LogP contribution in [-0.2, 0) is 5.75 Å². The number of nitrogens with one attached hydrogen (secondary N) is 1. The van der Waals surface area contributed by atoms with Crippen molar-refractivity contribution < 1.29 is 0 Å². The molecule has 1 fully saturated rings. The molecule has 0 saturated heterocycles. The highest BCUT2D eigenvalue weighted by molar-refractivity contribution is 9.10. The van der Waals surface area contributed by atoms with E-state index in [1.165, 1.54) is 0 Å². The number of nitrogens with zero attached hydrogens (tertiary/aromatic N) is 1. The molecular weight excluding hydrogens is 360 g/mol. The lowest BCUT2D eigenvalue weighted by molar-refractivity contribution is 0.899. The molecule has 0 radical (unpaired) electrons. The molecule has 20 heavy (non-hydrogen) atoms. The number of benzene rings is 1. The van der Waals surface area contributed by atoms with Gasteiger partial charge in [0.05, 0.1) is 11.4 Å². The van der Waals surface area contributed by atoms with Crippen molar-refractivity contribution in [2.75, 3.05) is 0 Å². The standard InChI is InChI=1S/C14H12BrClN2OS/c15-12-13(8-4-5-8)17-11(18-14(12)19)7-20-10-3-1-2-9(16)6-10/h1-3,6,8H,4-5,7H2,(H,17,18,19). The first-order valence-electron chi connectivity index (χ1n) is 6.30. The van der Waals surface area contributed by atoms with Crippen LogP contribution in [0.2, 0.25) is 5.02 Å². The Hall–Kier alpha value is -0.780. The SMILES string of the molecule is O=c1[nH]c(CSc2cccc(Cl)c2)nc(C2CC2)c1Br. The van der Waals surface area contributed by atoms with Crippen LogP contribution < -0.4 is 5.56 Å². The normalized spacial score (nSPS) is 14.5. The predicted octanol–water partition coefficient (Wildman–Crippen LogP) is 4.36. The number of aromatic nitrogens is 2. The van der Waals surface area contributed by atoms with Gasteiger partial charge in [-0.2, -0.15) is 0 Å². The maximum absolute atomic E-state index is 11.9. The molecule has 1 saturated carbocycles. The van der Waals surface area contributed by atoms with Gasteiger partial charge in [-0.3, -0.25) is 4.79 Å². The Morgan fingerprint density at radius 2 is 2.25 bits per heavy atom. The summed E-state index contributed by atoms with van der Waals surface area (Å²) in [5.41, 5.74) is 0.805. The highest BCUT2D eigenvalue weighted by atomic mass is 79.9. The maximum atomic E-state index is 11.9. The number of hydrogen-bond donors (Lipinski definition) is 1. The van der Waals surface area contributed by atoms with E-state index in [1.54, 1.807) is 11.8 Å². The Balaban J connectivity index is 1.79. The van der Waals surface area contributed by atoms with Gasteiger partial charge in [-0.15, -0.1) is 11.8 Å². The third-order valence-electron chi connectivity index (χ3n) is 3.07. The number of aromatic amines is 1. The molecule has 6 heteroatoms. The Morgan fingerprint density at radius 1 is 1.45 bits per heavy atom. The summed E-state index contributed by atoms with van der Waals surface area (Å²) in [4.78, 5) is 20.3. The van der Waals surface area contributed by atoms with Crippen LogP contribution in [0, 0.1) is 0 Å². The Labute approximate surface area is 134 Å². The van der Waals surface area contributed by atoms with Crippen molar-refractivity contribution in [1.82, 2.24) is 9.97 Å². The quantitative estimate of drug-likeness (QED) is 0.812. The van der Waals surface area contributed by atoms with Crippen molar-refractivity contribution >= 4 is 39.3 Å². The lowest BCUT2D eigenvalue weighted by Crippen LogP contribution is -2.14. The fraction of sp³-hybridized carbons (Fsp3) is 0.286. The van der Waals surface area contributed by atoms with Crippen LogP contribution in [0.3, 0.4) is 0 Å². The molecular formula is C14H12BrClN2OS. The second-order valence-corrected chi connectivity index (χ2v) is 7.01. The lowest BCUT2D eigenvalue weighted by Gasteiger charge is -2.06. The molecule has 104 valence electrons. The third-order valence-corrected chi connectivity index (χ3v) is 5.08. The fourth-order valence-corrected chi connectivity index (χ4v) is 3.52. The van der Waals surface area contributed by atoms with Crippen LogP contribution in [0.25, 0.3) is 0 Å². The maximum Gasteiger partial charge on any atom is 0.265 e. The Morgan fingerprint density at radius 3 is 2.95 bits per heavy atom.